The van der Waals surface area contributed by atoms with Crippen LogP contribution in [0, 0.1) is 10.1 Å². The van der Waals surface area contributed by atoms with Crippen LogP contribution in [0.15, 0.2) is 47.4 Å². The third kappa shape index (κ3) is 5.42. The van der Waals surface area contributed by atoms with Crippen molar-refractivity contribution in [2.45, 2.75) is 63.6 Å². The maximum absolute atomic E-state index is 13.3. The lowest BCUT2D eigenvalue weighted by Crippen LogP contribution is -2.33. The molecule has 0 radical (unpaired) electrons. The number of hydrogen-bond acceptors (Lipinski definition) is 7. The number of ether oxygens (including phenoxy) is 1. The second kappa shape index (κ2) is 9.90. The minimum absolute atomic E-state index is 0.0503. The molecular formula is C23H27N3O7S. The monoisotopic (exact) mass is 489 g/mol. The van der Waals surface area contributed by atoms with Crippen molar-refractivity contribution in [3.05, 3.63) is 63.7 Å². The topological polar surface area (TPSA) is 136 Å². The van der Waals surface area contributed by atoms with Gasteiger partial charge in [0.25, 0.3) is 5.69 Å². The number of sulfonamides is 1. The van der Waals surface area contributed by atoms with Gasteiger partial charge in [-0.3, -0.25) is 19.7 Å². The fraction of sp³-hybridized carbons (Fsp3) is 0.391. The van der Waals surface area contributed by atoms with E-state index < -0.39 is 39.5 Å². The molecule has 2 atom stereocenters. The Labute approximate surface area is 198 Å². The predicted molar refractivity (Wildman–Crippen MR) is 125 cm³/mol. The number of para-hydroxylation sites is 1. The molecule has 11 heteroatoms. The van der Waals surface area contributed by atoms with E-state index in [1.807, 2.05) is 6.92 Å². The summed E-state index contributed by atoms with van der Waals surface area (Å²) in [5, 5.41) is 11.5. The molecular weight excluding hydrogens is 462 g/mol. The summed E-state index contributed by atoms with van der Waals surface area (Å²) in [6, 6.07) is 8.75. The molecule has 1 heterocycles. The molecule has 0 bridgehead atoms. The zero-order chi connectivity index (χ0) is 25.2. The van der Waals surface area contributed by atoms with Crippen LogP contribution in [0.1, 0.15) is 51.3 Å². The van der Waals surface area contributed by atoms with Crippen LogP contribution in [-0.4, -0.2) is 37.4 Å². The first-order chi connectivity index (χ1) is 15.9. The number of nitro groups is 1. The zero-order valence-electron chi connectivity index (χ0n) is 19.3. The number of nitrogens with one attached hydrogen (secondary N) is 1. The molecule has 10 nitrogen and oxygen atoms in total. The Bertz CT molecular complexity index is 1230. The van der Waals surface area contributed by atoms with Crippen molar-refractivity contribution in [2.75, 3.05) is 4.90 Å². The standard InChI is InChI=1S/C23H27N3O7S/c1-14(2)33-23(28)13-20(19-7-5-6-8-22(19)26(29)30)24-34(31,32)18-9-10-21-17(12-18)11-15(3)25(21)16(4)27/h5-10,12,14-15,20,24H,11,13H2,1-4H3. The first kappa shape index (κ1) is 25.3. The van der Waals surface area contributed by atoms with E-state index in [9.17, 15) is 28.1 Å². The number of nitrogens with zero attached hydrogens (tertiary/aromatic N) is 2. The molecule has 0 fully saturated rings. The number of benzene rings is 2. The van der Waals surface area contributed by atoms with E-state index in [-0.39, 0.29) is 28.1 Å². The molecule has 1 N–H and O–H groups in total. The number of anilines is 1. The number of esters is 1. The molecule has 2 aromatic carbocycles. The highest BCUT2D eigenvalue weighted by molar-refractivity contribution is 7.89. The molecule has 3 rings (SSSR count). The summed E-state index contributed by atoms with van der Waals surface area (Å²) in [5.41, 5.74) is 1.09. The molecule has 0 saturated heterocycles. The molecule has 1 aliphatic heterocycles. The minimum atomic E-state index is -4.18. The van der Waals surface area contributed by atoms with Crippen LogP contribution in [-0.2, 0) is 30.8 Å². The molecule has 1 amide bonds. The molecule has 0 aromatic heterocycles. The summed E-state index contributed by atoms with van der Waals surface area (Å²) >= 11 is 0. The SMILES string of the molecule is CC(=O)N1c2ccc(S(=O)(=O)NC(CC(=O)OC(C)C)c3ccccc3[N+](=O)[O-])cc2CC1C. The number of hydrogen-bond donors (Lipinski definition) is 1. The number of carbonyl (C=O) groups is 2. The van der Waals surface area contributed by atoms with Crippen molar-refractivity contribution in [3.63, 3.8) is 0 Å². The Morgan fingerprint density at radius 3 is 2.53 bits per heavy atom. The average Bonchev–Trinajstić information content (AvgIpc) is 3.07. The lowest BCUT2D eigenvalue weighted by Gasteiger charge is -2.21. The second-order valence-electron chi connectivity index (χ2n) is 8.47. The summed E-state index contributed by atoms with van der Waals surface area (Å²) in [6.07, 6.45) is -0.368. The fourth-order valence-electron chi connectivity index (χ4n) is 4.15. The van der Waals surface area contributed by atoms with E-state index in [2.05, 4.69) is 4.72 Å². The molecule has 2 unspecified atom stereocenters. The summed E-state index contributed by atoms with van der Waals surface area (Å²) in [6.45, 7) is 6.62. The Hall–Kier alpha value is -3.31. The van der Waals surface area contributed by atoms with Gasteiger partial charge in [-0.2, -0.15) is 0 Å². The summed E-state index contributed by atoms with van der Waals surface area (Å²) in [5.74, 6) is -0.833. The smallest absolute Gasteiger partial charge is 0.308 e. The Balaban J connectivity index is 1.98. The van der Waals surface area contributed by atoms with E-state index in [4.69, 9.17) is 4.74 Å². The molecule has 1 aliphatic rings. The fourth-order valence-corrected chi connectivity index (χ4v) is 5.42. The van der Waals surface area contributed by atoms with Gasteiger partial charge in [-0.05, 0) is 51.0 Å². The molecule has 0 spiro atoms. The minimum Gasteiger partial charge on any atom is -0.463 e. The van der Waals surface area contributed by atoms with Crippen LogP contribution in [0.4, 0.5) is 11.4 Å². The van der Waals surface area contributed by atoms with E-state index in [1.54, 1.807) is 24.8 Å². The maximum Gasteiger partial charge on any atom is 0.308 e. The van der Waals surface area contributed by atoms with Crippen molar-refractivity contribution in [1.29, 1.82) is 0 Å². The van der Waals surface area contributed by atoms with E-state index in [0.717, 1.165) is 0 Å². The largest absolute Gasteiger partial charge is 0.463 e. The van der Waals surface area contributed by atoms with Gasteiger partial charge in [0.15, 0.2) is 0 Å². The molecule has 182 valence electrons. The Morgan fingerprint density at radius 2 is 1.91 bits per heavy atom. The Morgan fingerprint density at radius 1 is 1.24 bits per heavy atom. The molecule has 2 aromatic rings. The summed E-state index contributed by atoms with van der Waals surface area (Å²) in [4.78, 5) is 36.8. The first-order valence-electron chi connectivity index (χ1n) is 10.8. The van der Waals surface area contributed by atoms with E-state index in [0.29, 0.717) is 17.7 Å². The maximum atomic E-state index is 13.3. The van der Waals surface area contributed by atoms with Gasteiger partial charge in [-0.25, -0.2) is 13.1 Å². The van der Waals surface area contributed by atoms with Gasteiger partial charge >= 0.3 is 5.97 Å². The lowest BCUT2D eigenvalue weighted by atomic mass is 10.0. The van der Waals surface area contributed by atoms with Crippen molar-refractivity contribution in [3.8, 4) is 0 Å². The van der Waals surface area contributed by atoms with Gasteiger partial charge in [0.2, 0.25) is 15.9 Å². The third-order valence-corrected chi connectivity index (χ3v) is 6.93. The summed E-state index contributed by atoms with van der Waals surface area (Å²) in [7, 11) is -4.18. The van der Waals surface area contributed by atoms with Crippen LogP contribution >= 0.6 is 0 Å². The number of nitro benzene ring substituents is 1. The number of fused-ring (bicyclic) bond motifs is 1. The molecule has 0 saturated carbocycles. The summed E-state index contributed by atoms with van der Waals surface area (Å²) < 4.78 is 34.2. The molecule has 0 aliphatic carbocycles. The van der Waals surface area contributed by atoms with Crippen molar-refractivity contribution >= 4 is 33.3 Å². The van der Waals surface area contributed by atoms with Crippen LogP contribution in [0.3, 0.4) is 0 Å². The van der Waals surface area contributed by atoms with E-state index >= 15 is 0 Å². The highest BCUT2D eigenvalue weighted by atomic mass is 32.2. The van der Waals surface area contributed by atoms with Gasteiger partial charge in [-0.15, -0.1) is 0 Å². The van der Waals surface area contributed by atoms with Crippen LogP contribution in [0.25, 0.3) is 0 Å². The second-order valence-corrected chi connectivity index (χ2v) is 10.2. The predicted octanol–water partition coefficient (Wildman–Crippen LogP) is 3.25. The third-order valence-electron chi connectivity index (χ3n) is 5.46. The highest BCUT2D eigenvalue weighted by Crippen LogP contribution is 2.35. The zero-order valence-corrected chi connectivity index (χ0v) is 20.2. The van der Waals surface area contributed by atoms with Crippen molar-refractivity contribution in [2.24, 2.45) is 0 Å². The Kier molecular flexibility index (Phi) is 7.37. The van der Waals surface area contributed by atoms with Gasteiger partial charge in [0.1, 0.15) is 0 Å². The highest BCUT2D eigenvalue weighted by Gasteiger charge is 2.33. The van der Waals surface area contributed by atoms with E-state index in [1.165, 1.54) is 43.3 Å². The quantitative estimate of drug-likeness (QED) is 0.341. The number of rotatable bonds is 8. The van der Waals surface area contributed by atoms with Gasteiger partial charge in [0.05, 0.1) is 28.4 Å². The van der Waals surface area contributed by atoms with Crippen LogP contribution in [0.5, 0.6) is 0 Å². The van der Waals surface area contributed by atoms with Crippen LogP contribution in [0.2, 0.25) is 0 Å². The number of carbonyl (C=O) groups excluding carboxylic acids is 2. The van der Waals surface area contributed by atoms with Gasteiger partial charge in [0, 0.05) is 30.3 Å². The van der Waals surface area contributed by atoms with Crippen molar-refractivity contribution < 1.29 is 27.7 Å². The van der Waals surface area contributed by atoms with Crippen molar-refractivity contribution in [1.82, 2.24) is 4.72 Å². The first-order valence-corrected chi connectivity index (χ1v) is 12.3. The normalized spacial score (nSPS) is 16.3. The lowest BCUT2D eigenvalue weighted by molar-refractivity contribution is -0.385. The molecule has 34 heavy (non-hydrogen) atoms. The number of amides is 1. The van der Waals surface area contributed by atoms with Gasteiger partial charge in [-0.1, -0.05) is 18.2 Å². The van der Waals surface area contributed by atoms with Gasteiger partial charge < -0.3 is 9.64 Å². The average molecular weight is 490 g/mol. The van der Waals surface area contributed by atoms with Crippen LogP contribution < -0.4 is 9.62 Å².